The fraction of sp³-hybridized carbons (Fsp3) is 0.636. The molecule has 0 radical (unpaired) electrons. The topological polar surface area (TPSA) is 85.9 Å². The highest BCUT2D eigenvalue weighted by atomic mass is 16.5. The van der Waals surface area contributed by atoms with E-state index in [-0.39, 0.29) is 18.6 Å². The molecule has 0 aromatic heterocycles. The van der Waals surface area contributed by atoms with Crippen LogP contribution in [0.4, 0.5) is 4.79 Å². The Hall–Kier alpha value is -2.28. The standard InChI is InChI=1S/C22H34N2O5/c1-3-4-14-28-22(26)24-20(16-29-19-8-6-5-7-9-19)21(25)23-15-17-10-12-18(27-2)13-11-17/h10-13,19-20H,3-9,14-16H2,1-2H3,(H,23,25)(H,24,26)/t20-/m0/s1. The average Bonchev–Trinajstić information content (AvgIpc) is 2.76. The number of unbranched alkanes of at least 4 members (excludes halogenated alkanes) is 1. The maximum absolute atomic E-state index is 12.7. The molecule has 0 bridgehead atoms. The monoisotopic (exact) mass is 406 g/mol. The molecule has 2 rings (SSSR count). The van der Waals surface area contributed by atoms with Crippen molar-refractivity contribution >= 4 is 12.0 Å². The fourth-order valence-electron chi connectivity index (χ4n) is 3.20. The lowest BCUT2D eigenvalue weighted by Gasteiger charge is -2.25. The molecule has 0 aliphatic heterocycles. The molecular formula is C22H34N2O5. The van der Waals surface area contributed by atoms with E-state index >= 15 is 0 Å². The number of rotatable bonds is 11. The minimum atomic E-state index is -0.788. The van der Waals surface area contributed by atoms with E-state index in [0.29, 0.717) is 13.2 Å². The Morgan fingerprint density at radius 2 is 1.86 bits per heavy atom. The van der Waals surface area contributed by atoms with Crippen molar-refractivity contribution in [3.63, 3.8) is 0 Å². The lowest BCUT2D eigenvalue weighted by molar-refractivity contribution is -0.125. The SMILES string of the molecule is CCCCOC(=O)N[C@@H](COC1CCCCC1)C(=O)NCc1ccc(OC)cc1. The number of hydrogen-bond donors (Lipinski definition) is 2. The van der Waals surface area contributed by atoms with E-state index in [0.717, 1.165) is 49.8 Å². The van der Waals surface area contributed by atoms with Crippen LogP contribution in [0, 0.1) is 0 Å². The predicted octanol–water partition coefficient (Wildman–Crippen LogP) is 3.56. The molecule has 162 valence electrons. The van der Waals surface area contributed by atoms with E-state index in [1.165, 1.54) is 6.42 Å². The van der Waals surface area contributed by atoms with Crippen molar-refractivity contribution in [2.24, 2.45) is 0 Å². The Labute approximate surface area is 173 Å². The number of amides is 2. The van der Waals surface area contributed by atoms with Crippen molar-refractivity contribution in [3.8, 4) is 5.75 Å². The molecule has 29 heavy (non-hydrogen) atoms. The smallest absolute Gasteiger partial charge is 0.407 e. The van der Waals surface area contributed by atoms with E-state index in [1.54, 1.807) is 7.11 Å². The zero-order chi connectivity index (χ0) is 20.9. The molecule has 1 aromatic carbocycles. The quantitative estimate of drug-likeness (QED) is 0.549. The van der Waals surface area contributed by atoms with Crippen molar-refractivity contribution in [3.05, 3.63) is 29.8 Å². The molecule has 1 aliphatic carbocycles. The molecule has 0 spiro atoms. The van der Waals surface area contributed by atoms with Crippen LogP contribution in [0.2, 0.25) is 0 Å². The second kappa shape index (κ2) is 13.0. The Balaban J connectivity index is 1.87. The van der Waals surface area contributed by atoms with E-state index in [4.69, 9.17) is 14.2 Å². The van der Waals surface area contributed by atoms with Gasteiger partial charge in [0.1, 0.15) is 11.8 Å². The molecular weight excluding hydrogens is 372 g/mol. The normalized spacial score (nSPS) is 15.4. The van der Waals surface area contributed by atoms with E-state index in [2.05, 4.69) is 10.6 Å². The molecule has 1 aromatic rings. The molecule has 1 aliphatic rings. The van der Waals surface area contributed by atoms with Crippen LogP contribution < -0.4 is 15.4 Å². The molecule has 2 N–H and O–H groups in total. The van der Waals surface area contributed by atoms with Gasteiger partial charge in [-0.2, -0.15) is 0 Å². The van der Waals surface area contributed by atoms with Crippen LogP contribution in [-0.4, -0.2) is 44.5 Å². The zero-order valence-corrected chi connectivity index (χ0v) is 17.6. The van der Waals surface area contributed by atoms with Crippen LogP contribution in [0.15, 0.2) is 24.3 Å². The fourth-order valence-corrected chi connectivity index (χ4v) is 3.20. The lowest BCUT2D eigenvalue weighted by Crippen LogP contribution is -2.50. The maximum atomic E-state index is 12.7. The summed E-state index contributed by atoms with van der Waals surface area (Å²) in [6.07, 6.45) is 6.81. The van der Waals surface area contributed by atoms with Crippen LogP contribution in [0.1, 0.15) is 57.4 Å². The first-order valence-electron chi connectivity index (χ1n) is 10.6. The van der Waals surface area contributed by atoms with Gasteiger partial charge >= 0.3 is 6.09 Å². The van der Waals surface area contributed by atoms with Crippen molar-refractivity contribution in [2.45, 2.75) is 70.6 Å². The minimum Gasteiger partial charge on any atom is -0.497 e. The third kappa shape index (κ3) is 8.73. The first-order valence-corrected chi connectivity index (χ1v) is 10.6. The van der Waals surface area contributed by atoms with Crippen LogP contribution >= 0.6 is 0 Å². The van der Waals surface area contributed by atoms with Gasteiger partial charge in [0.2, 0.25) is 5.91 Å². The molecule has 7 nitrogen and oxygen atoms in total. The van der Waals surface area contributed by atoms with Crippen molar-refractivity contribution in [1.29, 1.82) is 0 Å². The predicted molar refractivity (Wildman–Crippen MR) is 111 cm³/mol. The van der Waals surface area contributed by atoms with Gasteiger partial charge in [-0.15, -0.1) is 0 Å². The summed E-state index contributed by atoms with van der Waals surface area (Å²) in [7, 11) is 1.61. The number of carbonyl (C=O) groups is 2. The molecule has 1 saturated carbocycles. The molecule has 0 saturated heterocycles. The summed E-state index contributed by atoms with van der Waals surface area (Å²) in [5.41, 5.74) is 0.941. The zero-order valence-electron chi connectivity index (χ0n) is 17.6. The number of hydrogen-bond acceptors (Lipinski definition) is 5. The van der Waals surface area contributed by atoms with E-state index in [1.807, 2.05) is 31.2 Å². The summed E-state index contributed by atoms with van der Waals surface area (Å²) in [5, 5.41) is 5.52. The second-order valence-electron chi connectivity index (χ2n) is 7.35. The highest BCUT2D eigenvalue weighted by Gasteiger charge is 2.24. The Kier molecular flexibility index (Phi) is 10.3. The van der Waals surface area contributed by atoms with Gasteiger partial charge in [0.15, 0.2) is 0 Å². The third-order valence-corrected chi connectivity index (χ3v) is 5.02. The van der Waals surface area contributed by atoms with Gasteiger partial charge in [0.05, 0.1) is 26.4 Å². The third-order valence-electron chi connectivity index (χ3n) is 5.02. The van der Waals surface area contributed by atoms with Crippen molar-refractivity contribution < 1.29 is 23.8 Å². The van der Waals surface area contributed by atoms with Gasteiger partial charge in [-0.1, -0.05) is 44.7 Å². The summed E-state index contributed by atoms with van der Waals surface area (Å²) in [5.74, 6) is 0.472. The second-order valence-corrected chi connectivity index (χ2v) is 7.35. The Morgan fingerprint density at radius 3 is 2.52 bits per heavy atom. The van der Waals surface area contributed by atoms with E-state index in [9.17, 15) is 9.59 Å². The Bertz CT molecular complexity index is 614. The first kappa shape index (κ1) is 23.0. The van der Waals surface area contributed by atoms with Crippen molar-refractivity contribution in [1.82, 2.24) is 10.6 Å². The summed E-state index contributed by atoms with van der Waals surface area (Å²) >= 11 is 0. The van der Waals surface area contributed by atoms with Crippen LogP contribution in [-0.2, 0) is 20.8 Å². The van der Waals surface area contributed by atoms with Crippen molar-refractivity contribution in [2.75, 3.05) is 20.3 Å². The summed E-state index contributed by atoms with van der Waals surface area (Å²) in [6.45, 7) is 2.86. The molecule has 0 heterocycles. The molecule has 1 fully saturated rings. The Morgan fingerprint density at radius 1 is 1.14 bits per heavy atom. The highest BCUT2D eigenvalue weighted by molar-refractivity contribution is 5.85. The van der Waals surface area contributed by atoms with Crippen LogP contribution in [0.25, 0.3) is 0 Å². The molecule has 2 amide bonds. The van der Waals surface area contributed by atoms with Gasteiger partial charge in [-0.3, -0.25) is 4.79 Å². The van der Waals surface area contributed by atoms with Gasteiger partial charge in [-0.05, 0) is 37.0 Å². The van der Waals surface area contributed by atoms with Gasteiger partial charge in [0.25, 0.3) is 0 Å². The average molecular weight is 407 g/mol. The van der Waals surface area contributed by atoms with Crippen LogP contribution in [0.3, 0.4) is 0 Å². The van der Waals surface area contributed by atoms with Gasteiger partial charge in [-0.25, -0.2) is 4.79 Å². The first-order chi connectivity index (χ1) is 14.1. The van der Waals surface area contributed by atoms with Crippen LogP contribution in [0.5, 0.6) is 5.75 Å². The number of methoxy groups -OCH3 is 1. The molecule has 7 heteroatoms. The van der Waals surface area contributed by atoms with Gasteiger partial charge in [0, 0.05) is 6.54 Å². The number of alkyl carbamates (subject to hydrolysis) is 1. The number of nitrogens with one attached hydrogen (secondary N) is 2. The summed E-state index contributed by atoms with van der Waals surface area (Å²) < 4.78 is 16.2. The summed E-state index contributed by atoms with van der Waals surface area (Å²) in [6, 6.07) is 6.67. The summed E-state index contributed by atoms with van der Waals surface area (Å²) in [4.78, 5) is 24.7. The van der Waals surface area contributed by atoms with Gasteiger partial charge < -0.3 is 24.8 Å². The lowest BCUT2D eigenvalue weighted by atomic mass is 9.98. The number of benzene rings is 1. The minimum absolute atomic E-state index is 0.141. The number of carbonyl (C=O) groups excluding carboxylic acids is 2. The largest absolute Gasteiger partial charge is 0.497 e. The molecule has 1 atom stereocenters. The number of ether oxygens (including phenoxy) is 3. The highest BCUT2D eigenvalue weighted by Crippen LogP contribution is 2.20. The maximum Gasteiger partial charge on any atom is 0.407 e. The van der Waals surface area contributed by atoms with E-state index < -0.39 is 12.1 Å². The molecule has 0 unspecified atom stereocenters.